The second-order valence-corrected chi connectivity index (χ2v) is 10.0. The van der Waals surface area contributed by atoms with Gasteiger partial charge in [-0.2, -0.15) is 4.31 Å². The third-order valence-electron chi connectivity index (χ3n) is 5.92. The summed E-state index contributed by atoms with van der Waals surface area (Å²) in [6, 6.07) is 20.3. The van der Waals surface area contributed by atoms with Crippen molar-refractivity contribution in [1.29, 1.82) is 0 Å². The molecule has 0 saturated heterocycles. The maximum absolute atomic E-state index is 14.4. The van der Waals surface area contributed by atoms with Crippen LogP contribution in [-0.4, -0.2) is 24.3 Å². The van der Waals surface area contributed by atoms with Crippen LogP contribution < -0.4 is 5.56 Å². The monoisotopic (exact) mass is 464 g/mol. The molecule has 33 heavy (non-hydrogen) atoms. The molecule has 0 unspecified atom stereocenters. The lowest BCUT2D eigenvalue weighted by atomic mass is 10.0. The van der Waals surface area contributed by atoms with E-state index in [9.17, 15) is 17.6 Å². The summed E-state index contributed by atoms with van der Waals surface area (Å²) in [7, 11) is -4.18. The van der Waals surface area contributed by atoms with E-state index >= 15 is 0 Å². The molecule has 4 aromatic rings. The number of aromatic amines is 1. The summed E-state index contributed by atoms with van der Waals surface area (Å²) in [6.45, 7) is 3.84. The van der Waals surface area contributed by atoms with Crippen molar-refractivity contribution >= 4 is 20.9 Å². The molecule has 0 atom stereocenters. The average molecular weight is 465 g/mol. The topological polar surface area (TPSA) is 70.2 Å². The van der Waals surface area contributed by atoms with E-state index in [1.54, 1.807) is 6.07 Å². The summed E-state index contributed by atoms with van der Waals surface area (Å²) in [5, 5.41) is 0.819. The van der Waals surface area contributed by atoms with Crippen LogP contribution in [0.1, 0.15) is 22.3 Å². The molecule has 170 valence electrons. The number of aryl methyl sites for hydroxylation is 2. The third-order valence-corrected chi connectivity index (χ3v) is 7.80. The van der Waals surface area contributed by atoms with Crippen LogP contribution in [0.3, 0.4) is 0 Å². The van der Waals surface area contributed by atoms with E-state index in [1.165, 1.54) is 22.5 Å². The highest BCUT2D eigenvalue weighted by molar-refractivity contribution is 7.89. The van der Waals surface area contributed by atoms with E-state index in [2.05, 4.69) is 4.98 Å². The summed E-state index contributed by atoms with van der Waals surface area (Å²) < 4.78 is 42.5. The van der Waals surface area contributed by atoms with Gasteiger partial charge in [0.1, 0.15) is 10.7 Å². The highest BCUT2D eigenvalue weighted by Crippen LogP contribution is 2.23. The predicted molar refractivity (Wildman–Crippen MR) is 128 cm³/mol. The first-order valence-electron chi connectivity index (χ1n) is 10.7. The van der Waals surface area contributed by atoms with Gasteiger partial charge in [0, 0.05) is 18.7 Å². The number of fused-ring (bicyclic) bond motifs is 1. The zero-order chi connectivity index (χ0) is 23.6. The molecule has 0 amide bonds. The van der Waals surface area contributed by atoms with Crippen molar-refractivity contribution in [2.75, 3.05) is 6.54 Å². The Balaban J connectivity index is 1.75. The number of halogens is 1. The maximum atomic E-state index is 14.4. The van der Waals surface area contributed by atoms with Crippen molar-refractivity contribution in [2.45, 2.75) is 31.7 Å². The molecule has 0 aliphatic heterocycles. The highest BCUT2D eigenvalue weighted by atomic mass is 32.2. The van der Waals surface area contributed by atoms with E-state index in [-0.39, 0.29) is 18.6 Å². The van der Waals surface area contributed by atoms with Crippen molar-refractivity contribution in [2.24, 2.45) is 0 Å². The smallest absolute Gasteiger partial charge is 0.252 e. The Hall–Kier alpha value is -3.29. The fourth-order valence-electron chi connectivity index (χ4n) is 3.85. The second-order valence-electron chi connectivity index (χ2n) is 8.10. The van der Waals surface area contributed by atoms with Crippen LogP contribution in [0.4, 0.5) is 4.39 Å². The fraction of sp³-hybridized carbons (Fsp3) is 0.192. The van der Waals surface area contributed by atoms with Crippen molar-refractivity contribution < 1.29 is 12.8 Å². The molecule has 0 spiro atoms. The molecule has 1 N–H and O–H groups in total. The molecule has 7 heteroatoms. The van der Waals surface area contributed by atoms with Crippen molar-refractivity contribution in [1.82, 2.24) is 9.29 Å². The van der Waals surface area contributed by atoms with Gasteiger partial charge in [0.25, 0.3) is 5.56 Å². The highest BCUT2D eigenvalue weighted by Gasteiger charge is 2.28. The molecule has 0 saturated carbocycles. The fourth-order valence-corrected chi connectivity index (χ4v) is 5.34. The van der Waals surface area contributed by atoms with Gasteiger partial charge >= 0.3 is 0 Å². The first-order valence-corrected chi connectivity index (χ1v) is 12.1. The quantitative estimate of drug-likeness (QED) is 0.430. The van der Waals surface area contributed by atoms with Gasteiger partial charge < -0.3 is 4.98 Å². The van der Waals surface area contributed by atoms with Crippen LogP contribution in [0.15, 0.2) is 82.5 Å². The van der Waals surface area contributed by atoms with Gasteiger partial charge in [-0.15, -0.1) is 0 Å². The van der Waals surface area contributed by atoms with Crippen LogP contribution in [0, 0.1) is 19.7 Å². The minimum Gasteiger partial charge on any atom is -0.321 e. The normalized spacial score (nSPS) is 11.9. The minimum absolute atomic E-state index is 0.102. The molecule has 0 aliphatic rings. The minimum atomic E-state index is -4.18. The van der Waals surface area contributed by atoms with Gasteiger partial charge in [0.2, 0.25) is 10.0 Å². The Morgan fingerprint density at radius 1 is 0.939 bits per heavy atom. The van der Waals surface area contributed by atoms with Gasteiger partial charge in [-0.25, -0.2) is 12.8 Å². The number of hydrogen-bond donors (Lipinski definition) is 1. The molecule has 1 aromatic heterocycles. The van der Waals surface area contributed by atoms with Crippen molar-refractivity contribution in [3.63, 3.8) is 0 Å². The van der Waals surface area contributed by atoms with Crippen LogP contribution in [0.2, 0.25) is 0 Å². The Morgan fingerprint density at radius 2 is 1.64 bits per heavy atom. The Labute approximate surface area is 192 Å². The average Bonchev–Trinajstić information content (AvgIpc) is 2.80. The molecular weight excluding hydrogens is 439 g/mol. The number of benzene rings is 3. The predicted octanol–water partition coefficient (Wildman–Crippen LogP) is 4.72. The number of nitrogens with one attached hydrogen (secondary N) is 1. The number of hydrogen-bond acceptors (Lipinski definition) is 3. The Bertz CT molecular complexity index is 1460. The first-order chi connectivity index (χ1) is 15.8. The lowest BCUT2D eigenvalue weighted by Gasteiger charge is -2.23. The zero-order valence-corrected chi connectivity index (χ0v) is 19.3. The van der Waals surface area contributed by atoms with Crippen molar-refractivity contribution in [3.05, 3.63) is 111 Å². The summed E-state index contributed by atoms with van der Waals surface area (Å²) in [5.74, 6) is -0.819. The standard InChI is InChI=1S/C26H25FN2O3S/c1-18-12-13-21-16-22(26(30)28-25(21)19(18)2)17-29(15-14-20-8-4-3-5-9-20)33(31,32)24-11-7-6-10-23(24)27/h3-13,16H,14-15,17H2,1-2H3,(H,28,30). The number of nitrogens with zero attached hydrogens (tertiary/aromatic N) is 1. The van der Waals surface area contributed by atoms with Crippen LogP contribution >= 0.6 is 0 Å². The second kappa shape index (κ2) is 9.29. The maximum Gasteiger partial charge on any atom is 0.252 e. The summed E-state index contributed by atoms with van der Waals surface area (Å²) in [4.78, 5) is 15.4. The van der Waals surface area contributed by atoms with E-state index in [1.807, 2.05) is 56.3 Å². The molecular formula is C26H25FN2O3S. The molecule has 3 aromatic carbocycles. The first kappa shape index (κ1) is 22.9. The van der Waals surface area contributed by atoms with Crippen LogP contribution in [0.25, 0.3) is 10.9 Å². The van der Waals surface area contributed by atoms with Gasteiger partial charge in [-0.05, 0) is 60.5 Å². The van der Waals surface area contributed by atoms with E-state index in [4.69, 9.17) is 0 Å². The number of sulfonamides is 1. The van der Waals surface area contributed by atoms with E-state index in [0.29, 0.717) is 12.0 Å². The molecule has 0 radical (unpaired) electrons. The number of pyridine rings is 1. The largest absolute Gasteiger partial charge is 0.321 e. The van der Waals surface area contributed by atoms with Crippen molar-refractivity contribution in [3.8, 4) is 0 Å². The Morgan fingerprint density at radius 3 is 2.36 bits per heavy atom. The van der Waals surface area contributed by atoms with E-state index < -0.39 is 20.7 Å². The number of aromatic nitrogens is 1. The molecule has 4 rings (SSSR count). The van der Waals surface area contributed by atoms with Gasteiger partial charge in [-0.1, -0.05) is 54.6 Å². The third kappa shape index (κ3) is 4.74. The molecule has 1 heterocycles. The van der Waals surface area contributed by atoms with Gasteiger partial charge in [-0.3, -0.25) is 4.79 Å². The van der Waals surface area contributed by atoms with Gasteiger partial charge in [0.05, 0.1) is 5.52 Å². The van der Waals surface area contributed by atoms with Crippen LogP contribution in [-0.2, 0) is 23.0 Å². The Kier molecular flexibility index (Phi) is 6.44. The molecule has 5 nitrogen and oxygen atoms in total. The molecule has 0 aliphatic carbocycles. The summed E-state index contributed by atoms with van der Waals surface area (Å²) in [6.07, 6.45) is 0.429. The number of H-pyrrole nitrogens is 1. The van der Waals surface area contributed by atoms with E-state index in [0.717, 1.165) is 33.7 Å². The number of rotatable bonds is 7. The lowest BCUT2D eigenvalue weighted by Crippen LogP contribution is -2.35. The van der Waals surface area contributed by atoms with Crippen LogP contribution in [0.5, 0.6) is 0 Å². The molecule has 0 fully saturated rings. The lowest BCUT2D eigenvalue weighted by molar-refractivity contribution is 0.404. The molecule has 0 bridgehead atoms. The SMILES string of the molecule is Cc1ccc2cc(CN(CCc3ccccc3)S(=O)(=O)c3ccccc3F)c(=O)[nH]c2c1C. The zero-order valence-electron chi connectivity index (χ0n) is 18.5. The summed E-state index contributed by atoms with van der Waals surface area (Å²) in [5.41, 5.74) is 3.65. The van der Waals surface area contributed by atoms with Gasteiger partial charge in [0.15, 0.2) is 0 Å². The summed E-state index contributed by atoms with van der Waals surface area (Å²) >= 11 is 0.